The van der Waals surface area contributed by atoms with Crippen LogP contribution in [0.3, 0.4) is 0 Å². The molecule has 4 nitrogen and oxygen atoms in total. The number of rotatable bonds is 8. The van der Waals surface area contributed by atoms with E-state index in [1.54, 1.807) is 11.8 Å². The molecule has 0 aliphatic carbocycles. The predicted molar refractivity (Wildman–Crippen MR) is 86.0 cm³/mol. The smallest absolute Gasteiger partial charge is 0.226 e. The Morgan fingerprint density at radius 1 is 1.24 bits per heavy atom. The van der Waals surface area contributed by atoms with Gasteiger partial charge in [0.2, 0.25) is 5.89 Å². The molecule has 2 rings (SSSR count). The Kier molecular flexibility index (Phi) is 6.26. The first-order valence-electron chi connectivity index (χ1n) is 7.36. The van der Waals surface area contributed by atoms with E-state index in [0.29, 0.717) is 24.3 Å². The highest BCUT2D eigenvalue weighted by atomic mass is 32.2. The van der Waals surface area contributed by atoms with Crippen molar-refractivity contribution in [1.29, 1.82) is 0 Å². The highest BCUT2D eigenvalue weighted by molar-refractivity contribution is 7.98. The standard InChI is InChI=1S/C16H23N3OS/c1-12(2)8-13(10-17)9-16-18-15(19-20-16)11-21-14-6-4-3-5-7-14/h3-7,12-13H,8-11,17H2,1-2H3. The van der Waals surface area contributed by atoms with Crippen LogP contribution in [0.25, 0.3) is 0 Å². The van der Waals surface area contributed by atoms with E-state index in [2.05, 4.69) is 36.1 Å². The number of thioether (sulfide) groups is 1. The Hall–Kier alpha value is -1.33. The molecule has 0 bridgehead atoms. The zero-order valence-electron chi connectivity index (χ0n) is 12.7. The lowest BCUT2D eigenvalue weighted by Crippen LogP contribution is -2.19. The summed E-state index contributed by atoms with van der Waals surface area (Å²) < 4.78 is 5.34. The van der Waals surface area contributed by atoms with Crippen molar-refractivity contribution < 1.29 is 4.52 Å². The molecule has 0 spiro atoms. The minimum absolute atomic E-state index is 0.417. The molecule has 0 saturated carbocycles. The lowest BCUT2D eigenvalue weighted by Gasteiger charge is -2.14. The Labute approximate surface area is 130 Å². The Morgan fingerprint density at radius 2 is 2.00 bits per heavy atom. The summed E-state index contributed by atoms with van der Waals surface area (Å²) >= 11 is 1.71. The van der Waals surface area contributed by atoms with Gasteiger partial charge in [0, 0.05) is 11.3 Å². The highest BCUT2D eigenvalue weighted by Gasteiger charge is 2.15. The van der Waals surface area contributed by atoms with E-state index in [0.717, 1.165) is 24.4 Å². The van der Waals surface area contributed by atoms with Gasteiger partial charge in [0.1, 0.15) is 0 Å². The first-order valence-corrected chi connectivity index (χ1v) is 8.35. The number of hydrogen-bond acceptors (Lipinski definition) is 5. The second-order valence-electron chi connectivity index (χ2n) is 5.64. The van der Waals surface area contributed by atoms with Gasteiger partial charge < -0.3 is 10.3 Å². The molecular weight excluding hydrogens is 282 g/mol. The molecular formula is C16H23N3OS. The van der Waals surface area contributed by atoms with Gasteiger partial charge in [-0.3, -0.25) is 0 Å². The molecule has 0 amide bonds. The van der Waals surface area contributed by atoms with Crippen molar-refractivity contribution in [3.8, 4) is 0 Å². The number of nitrogens with zero attached hydrogens (tertiary/aromatic N) is 2. The minimum atomic E-state index is 0.417. The van der Waals surface area contributed by atoms with E-state index in [1.165, 1.54) is 4.90 Å². The summed E-state index contributed by atoms with van der Waals surface area (Å²) in [6, 6.07) is 10.2. The molecule has 1 unspecified atom stereocenters. The summed E-state index contributed by atoms with van der Waals surface area (Å²) in [5.74, 6) is 3.23. The SMILES string of the molecule is CC(C)CC(CN)Cc1nc(CSc2ccccc2)no1. The lowest BCUT2D eigenvalue weighted by atomic mass is 9.94. The summed E-state index contributed by atoms with van der Waals surface area (Å²) in [4.78, 5) is 5.68. The van der Waals surface area contributed by atoms with E-state index in [9.17, 15) is 0 Å². The monoisotopic (exact) mass is 305 g/mol. The van der Waals surface area contributed by atoms with E-state index >= 15 is 0 Å². The average Bonchev–Trinajstić information content (AvgIpc) is 2.92. The van der Waals surface area contributed by atoms with Gasteiger partial charge in [-0.05, 0) is 36.9 Å². The largest absolute Gasteiger partial charge is 0.339 e. The van der Waals surface area contributed by atoms with Gasteiger partial charge in [-0.25, -0.2) is 0 Å². The fourth-order valence-corrected chi connectivity index (χ4v) is 3.04. The first kappa shape index (κ1) is 16.0. The maximum atomic E-state index is 5.82. The molecule has 0 aliphatic heterocycles. The third-order valence-corrected chi connectivity index (χ3v) is 4.23. The van der Waals surface area contributed by atoms with Crippen molar-refractivity contribution in [2.45, 2.75) is 37.3 Å². The lowest BCUT2D eigenvalue weighted by molar-refractivity contribution is 0.330. The Bertz CT molecular complexity index is 527. The zero-order valence-corrected chi connectivity index (χ0v) is 13.5. The number of benzene rings is 1. The summed E-state index contributed by atoms with van der Waals surface area (Å²) in [5.41, 5.74) is 5.82. The summed E-state index contributed by atoms with van der Waals surface area (Å²) in [5, 5.41) is 4.05. The summed E-state index contributed by atoms with van der Waals surface area (Å²) in [6.45, 7) is 5.07. The van der Waals surface area contributed by atoms with Crippen LogP contribution in [0.2, 0.25) is 0 Å². The Morgan fingerprint density at radius 3 is 2.67 bits per heavy atom. The summed E-state index contributed by atoms with van der Waals surface area (Å²) in [6.07, 6.45) is 1.87. The van der Waals surface area contributed by atoms with Crippen molar-refractivity contribution in [2.75, 3.05) is 6.54 Å². The number of nitrogens with two attached hydrogens (primary N) is 1. The molecule has 114 valence electrons. The maximum absolute atomic E-state index is 5.82. The summed E-state index contributed by atoms with van der Waals surface area (Å²) in [7, 11) is 0. The van der Waals surface area contributed by atoms with Gasteiger partial charge >= 0.3 is 0 Å². The number of hydrogen-bond donors (Lipinski definition) is 1. The molecule has 1 atom stereocenters. The molecule has 0 saturated heterocycles. The highest BCUT2D eigenvalue weighted by Crippen LogP contribution is 2.21. The van der Waals surface area contributed by atoms with E-state index in [-0.39, 0.29) is 0 Å². The van der Waals surface area contributed by atoms with Crippen LogP contribution in [0.15, 0.2) is 39.8 Å². The van der Waals surface area contributed by atoms with Crippen LogP contribution in [-0.2, 0) is 12.2 Å². The maximum Gasteiger partial charge on any atom is 0.226 e. The zero-order chi connectivity index (χ0) is 15.1. The third-order valence-electron chi connectivity index (χ3n) is 3.22. The van der Waals surface area contributed by atoms with Crippen LogP contribution in [0.1, 0.15) is 32.0 Å². The first-order chi connectivity index (χ1) is 10.2. The van der Waals surface area contributed by atoms with Crippen molar-refractivity contribution in [1.82, 2.24) is 10.1 Å². The van der Waals surface area contributed by atoms with Crippen LogP contribution in [-0.4, -0.2) is 16.7 Å². The molecule has 1 heterocycles. The van der Waals surface area contributed by atoms with Crippen molar-refractivity contribution >= 4 is 11.8 Å². The molecule has 2 aromatic rings. The van der Waals surface area contributed by atoms with Gasteiger partial charge in [0.05, 0.1) is 5.75 Å². The van der Waals surface area contributed by atoms with E-state index < -0.39 is 0 Å². The number of aromatic nitrogens is 2. The van der Waals surface area contributed by atoms with Crippen LogP contribution < -0.4 is 5.73 Å². The van der Waals surface area contributed by atoms with Gasteiger partial charge in [0.15, 0.2) is 5.82 Å². The third kappa shape index (κ3) is 5.52. The molecule has 0 fully saturated rings. The van der Waals surface area contributed by atoms with Gasteiger partial charge in [-0.15, -0.1) is 11.8 Å². The average molecular weight is 305 g/mol. The van der Waals surface area contributed by atoms with Crippen LogP contribution >= 0.6 is 11.8 Å². The van der Waals surface area contributed by atoms with Crippen molar-refractivity contribution in [2.24, 2.45) is 17.6 Å². The second kappa shape index (κ2) is 8.20. The predicted octanol–water partition coefficient (Wildman–Crippen LogP) is 3.53. The Balaban J connectivity index is 1.86. The van der Waals surface area contributed by atoms with Crippen LogP contribution in [0, 0.1) is 11.8 Å². The van der Waals surface area contributed by atoms with E-state index in [4.69, 9.17) is 10.3 Å². The molecule has 1 aromatic heterocycles. The second-order valence-corrected chi connectivity index (χ2v) is 6.69. The fraction of sp³-hybridized carbons (Fsp3) is 0.500. The molecule has 0 radical (unpaired) electrons. The minimum Gasteiger partial charge on any atom is -0.339 e. The van der Waals surface area contributed by atoms with Crippen molar-refractivity contribution in [3.63, 3.8) is 0 Å². The topological polar surface area (TPSA) is 64.9 Å². The molecule has 0 aliphatic rings. The molecule has 1 aromatic carbocycles. The quantitative estimate of drug-likeness (QED) is 0.756. The van der Waals surface area contributed by atoms with Crippen molar-refractivity contribution in [3.05, 3.63) is 42.0 Å². The molecule has 21 heavy (non-hydrogen) atoms. The normalized spacial score (nSPS) is 12.8. The van der Waals surface area contributed by atoms with Gasteiger partial charge in [-0.2, -0.15) is 4.98 Å². The molecule has 2 N–H and O–H groups in total. The van der Waals surface area contributed by atoms with E-state index in [1.807, 2.05) is 18.2 Å². The molecule has 5 heteroatoms. The van der Waals surface area contributed by atoms with Gasteiger partial charge in [0.25, 0.3) is 0 Å². The van der Waals surface area contributed by atoms with Crippen LogP contribution in [0.5, 0.6) is 0 Å². The fourth-order valence-electron chi connectivity index (χ4n) is 2.27. The van der Waals surface area contributed by atoms with Crippen LogP contribution in [0.4, 0.5) is 0 Å². The van der Waals surface area contributed by atoms with Gasteiger partial charge in [-0.1, -0.05) is 37.2 Å².